The molecule has 0 radical (unpaired) electrons. The fraction of sp³-hybridized carbons (Fsp3) is 0.500. The molecule has 0 saturated carbocycles. The monoisotopic (exact) mass is 301 g/mol. The summed E-state index contributed by atoms with van der Waals surface area (Å²) in [6.45, 7) is 2.47. The minimum Gasteiger partial charge on any atom is -0.481 e. The third-order valence-electron chi connectivity index (χ3n) is 3.61. The van der Waals surface area contributed by atoms with Crippen molar-refractivity contribution in [2.45, 2.75) is 25.4 Å². The summed E-state index contributed by atoms with van der Waals surface area (Å²) in [6, 6.07) is 3.64. The van der Waals surface area contributed by atoms with Gasteiger partial charge in [-0.3, -0.25) is 9.69 Å². The van der Waals surface area contributed by atoms with Crippen LogP contribution in [-0.4, -0.2) is 40.1 Å². The summed E-state index contributed by atoms with van der Waals surface area (Å²) in [5.74, 6) is -0.998. The number of thioether (sulfide) groups is 1. The molecule has 0 aliphatic carbocycles. The number of halogens is 2. The maximum atomic E-state index is 13.9. The Morgan fingerprint density at radius 1 is 1.55 bits per heavy atom. The number of hydrogen-bond acceptors (Lipinski definition) is 3. The SMILES string of the molecule is CC(c1cccc(F)c1F)N1CCSCC1CC(=O)O. The highest BCUT2D eigenvalue weighted by Gasteiger charge is 2.30. The van der Waals surface area contributed by atoms with Crippen LogP contribution >= 0.6 is 11.8 Å². The number of aliphatic carboxylic acids is 1. The Kier molecular flexibility index (Phi) is 4.99. The highest BCUT2D eigenvalue weighted by Crippen LogP contribution is 2.30. The van der Waals surface area contributed by atoms with Crippen molar-refractivity contribution in [2.24, 2.45) is 0 Å². The zero-order chi connectivity index (χ0) is 14.7. The third-order valence-corrected chi connectivity index (χ3v) is 4.70. The molecule has 3 nitrogen and oxygen atoms in total. The molecule has 0 bridgehead atoms. The number of benzene rings is 1. The summed E-state index contributed by atoms with van der Waals surface area (Å²) in [5, 5.41) is 8.96. The number of carbonyl (C=O) groups is 1. The van der Waals surface area contributed by atoms with Gasteiger partial charge < -0.3 is 5.11 Å². The minimum absolute atomic E-state index is 0.0221. The van der Waals surface area contributed by atoms with Crippen molar-refractivity contribution in [1.29, 1.82) is 0 Å². The van der Waals surface area contributed by atoms with Gasteiger partial charge in [-0.05, 0) is 13.0 Å². The lowest BCUT2D eigenvalue weighted by molar-refractivity contribution is -0.138. The smallest absolute Gasteiger partial charge is 0.304 e. The predicted molar refractivity (Wildman–Crippen MR) is 74.8 cm³/mol. The van der Waals surface area contributed by atoms with Crippen LogP contribution in [0.1, 0.15) is 24.9 Å². The average molecular weight is 301 g/mol. The Hall–Kier alpha value is -1.14. The van der Waals surface area contributed by atoms with E-state index in [1.165, 1.54) is 6.07 Å². The van der Waals surface area contributed by atoms with E-state index in [-0.39, 0.29) is 24.1 Å². The summed E-state index contributed by atoms with van der Waals surface area (Å²) in [6.07, 6.45) is 0.0221. The quantitative estimate of drug-likeness (QED) is 0.928. The zero-order valence-electron chi connectivity index (χ0n) is 11.2. The highest BCUT2D eigenvalue weighted by molar-refractivity contribution is 7.99. The lowest BCUT2D eigenvalue weighted by Crippen LogP contribution is -2.45. The van der Waals surface area contributed by atoms with E-state index in [2.05, 4.69) is 0 Å². The Bertz CT molecular complexity index is 498. The van der Waals surface area contributed by atoms with Gasteiger partial charge in [-0.1, -0.05) is 12.1 Å². The number of hydrogen-bond donors (Lipinski definition) is 1. The normalized spacial score (nSPS) is 21.6. The van der Waals surface area contributed by atoms with Crippen LogP contribution in [0.2, 0.25) is 0 Å². The van der Waals surface area contributed by atoms with Crippen LogP contribution in [0.5, 0.6) is 0 Å². The number of rotatable bonds is 4. The number of carboxylic acids is 1. The zero-order valence-corrected chi connectivity index (χ0v) is 12.0. The van der Waals surface area contributed by atoms with Crippen LogP contribution in [-0.2, 0) is 4.79 Å². The molecule has 6 heteroatoms. The molecule has 0 aromatic heterocycles. The fourth-order valence-electron chi connectivity index (χ4n) is 2.58. The van der Waals surface area contributed by atoms with Crippen molar-refractivity contribution in [3.05, 3.63) is 35.4 Å². The molecular weight excluding hydrogens is 284 g/mol. The molecule has 1 fully saturated rings. The lowest BCUT2D eigenvalue weighted by atomic mass is 10.0. The van der Waals surface area contributed by atoms with E-state index in [0.717, 1.165) is 11.8 Å². The molecule has 0 spiro atoms. The van der Waals surface area contributed by atoms with E-state index < -0.39 is 17.6 Å². The van der Waals surface area contributed by atoms with Crippen LogP contribution in [0, 0.1) is 11.6 Å². The number of carboxylic acid groups (broad SMARTS) is 1. The summed E-state index contributed by atoms with van der Waals surface area (Å²) in [5.41, 5.74) is 0.285. The second-order valence-corrected chi connectivity index (χ2v) is 6.03. The first-order valence-corrected chi connectivity index (χ1v) is 7.65. The summed E-state index contributed by atoms with van der Waals surface area (Å²) < 4.78 is 27.2. The topological polar surface area (TPSA) is 40.5 Å². The van der Waals surface area contributed by atoms with Crippen LogP contribution in [0.15, 0.2) is 18.2 Å². The van der Waals surface area contributed by atoms with Crippen molar-refractivity contribution in [3.63, 3.8) is 0 Å². The Balaban J connectivity index is 2.22. The molecular formula is C14H17F2NO2S. The fourth-order valence-corrected chi connectivity index (χ4v) is 3.67. The average Bonchev–Trinajstić information content (AvgIpc) is 2.41. The van der Waals surface area contributed by atoms with Gasteiger partial charge in [0.15, 0.2) is 11.6 Å². The van der Waals surface area contributed by atoms with Crippen LogP contribution in [0.3, 0.4) is 0 Å². The van der Waals surface area contributed by atoms with Crippen molar-refractivity contribution >= 4 is 17.7 Å². The van der Waals surface area contributed by atoms with Crippen LogP contribution in [0.25, 0.3) is 0 Å². The second kappa shape index (κ2) is 6.54. The van der Waals surface area contributed by atoms with Gasteiger partial charge in [-0.15, -0.1) is 0 Å². The Labute approximate surface area is 121 Å². The minimum atomic E-state index is -0.866. The molecule has 1 N–H and O–H groups in total. The molecule has 1 aliphatic heterocycles. The van der Waals surface area contributed by atoms with E-state index in [1.807, 2.05) is 4.90 Å². The Morgan fingerprint density at radius 2 is 2.30 bits per heavy atom. The van der Waals surface area contributed by atoms with Gasteiger partial charge in [0.05, 0.1) is 6.42 Å². The molecule has 0 amide bonds. The highest BCUT2D eigenvalue weighted by atomic mass is 32.2. The maximum absolute atomic E-state index is 13.9. The molecule has 1 aliphatic rings. The van der Waals surface area contributed by atoms with E-state index in [1.54, 1.807) is 24.8 Å². The second-order valence-electron chi connectivity index (χ2n) is 4.88. The van der Waals surface area contributed by atoms with Crippen LogP contribution < -0.4 is 0 Å². The molecule has 1 aromatic carbocycles. The van der Waals surface area contributed by atoms with E-state index >= 15 is 0 Å². The van der Waals surface area contributed by atoms with Gasteiger partial charge in [0, 0.05) is 35.7 Å². The van der Waals surface area contributed by atoms with Crippen molar-refractivity contribution < 1.29 is 18.7 Å². The van der Waals surface area contributed by atoms with Crippen molar-refractivity contribution in [2.75, 3.05) is 18.1 Å². The first kappa shape index (κ1) is 15.3. The molecule has 2 unspecified atom stereocenters. The van der Waals surface area contributed by atoms with Gasteiger partial charge in [0.2, 0.25) is 0 Å². The molecule has 110 valence electrons. The molecule has 2 rings (SSSR count). The standard InChI is InChI=1S/C14H17F2NO2S/c1-9(11-3-2-4-12(15)14(11)16)17-5-6-20-8-10(17)7-13(18)19/h2-4,9-10H,5-8H2,1H3,(H,18,19). The van der Waals surface area contributed by atoms with Crippen molar-refractivity contribution in [3.8, 4) is 0 Å². The largest absolute Gasteiger partial charge is 0.481 e. The first-order chi connectivity index (χ1) is 9.50. The van der Waals surface area contributed by atoms with Gasteiger partial charge >= 0.3 is 5.97 Å². The van der Waals surface area contributed by atoms with Gasteiger partial charge in [-0.2, -0.15) is 11.8 Å². The van der Waals surface area contributed by atoms with E-state index in [0.29, 0.717) is 12.3 Å². The van der Waals surface area contributed by atoms with Crippen molar-refractivity contribution in [1.82, 2.24) is 4.90 Å². The predicted octanol–water partition coefficient (Wildman–Crippen LogP) is 2.92. The maximum Gasteiger partial charge on any atom is 0.304 e. The molecule has 20 heavy (non-hydrogen) atoms. The molecule has 1 heterocycles. The summed E-state index contributed by atoms with van der Waals surface area (Å²) in [7, 11) is 0. The molecule has 1 aromatic rings. The molecule has 2 atom stereocenters. The first-order valence-electron chi connectivity index (χ1n) is 6.50. The van der Waals surface area contributed by atoms with Gasteiger partial charge in [0.1, 0.15) is 0 Å². The lowest BCUT2D eigenvalue weighted by Gasteiger charge is -2.39. The Morgan fingerprint density at radius 3 is 3.00 bits per heavy atom. The molecule has 1 saturated heterocycles. The van der Waals surface area contributed by atoms with Gasteiger partial charge in [-0.25, -0.2) is 8.78 Å². The van der Waals surface area contributed by atoms with E-state index in [4.69, 9.17) is 5.11 Å². The number of nitrogens with zero attached hydrogens (tertiary/aromatic N) is 1. The summed E-state index contributed by atoms with van der Waals surface area (Å²) in [4.78, 5) is 12.9. The third kappa shape index (κ3) is 3.30. The van der Waals surface area contributed by atoms with Crippen LogP contribution in [0.4, 0.5) is 8.78 Å². The van der Waals surface area contributed by atoms with Gasteiger partial charge in [0.25, 0.3) is 0 Å². The van der Waals surface area contributed by atoms with E-state index in [9.17, 15) is 13.6 Å². The summed E-state index contributed by atoms with van der Waals surface area (Å²) >= 11 is 1.70.